The average molecular weight is 293 g/mol. The molecule has 2 N–H and O–H groups in total. The first-order chi connectivity index (χ1) is 10.2. The van der Waals surface area contributed by atoms with Crippen molar-refractivity contribution in [2.24, 2.45) is 4.99 Å². The number of hydrogen-bond acceptors (Lipinski definition) is 4. The van der Waals surface area contributed by atoms with E-state index < -0.39 is 6.10 Å². The van der Waals surface area contributed by atoms with Crippen LogP contribution < -0.4 is 5.32 Å². The van der Waals surface area contributed by atoms with Crippen LogP contribution in [0.3, 0.4) is 0 Å². The standard InChI is InChI=1S/C13H21N3O.C4H10/c1-3-15-13-11(4-5-12(13)17)10(2)16-8-6-14-7-9-16;1-3-4-2/h3,12,14,17H,1,4-9H2,2H3;3-4H2,1-2H3/b11-10+,15-13?;. The highest BCUT2D eigenvalue weighted by atomic mass is 16.3. The monoisotopic (exact) mass is 293 g/mol. The SMILES string of the molecule is C=CN=C1/C(=C(\C)N2CCNCC2)CCC1O.CCCC. The van der Waals surface area contributed by atoms with Gasteiger partial charge in [-0.1, -0.05) is 33.3 Å². The molecule has 2 rings (SSSR count). The van der Waals surface area contributed by atoms with Gasteiger partial charge in [0.05, 0.1) is 11.8 Å². The largest absolute Gasteiger partial charge is 0.387 e. The van der Waals surface area contributed by atoms with Gasteiger partial charge in [-0.25, -0.2) is 0 Å². The van der Waals surface area contributed by atoms with Crippen LogP contribution in [0, 0.1) is 0 Å². The van der Waals surface area contributed by atoms with Gasteiger partial charge in [-0.3, -0.25) is 4.99 Å². The third-order valence-corrected chi connectivity index (χ3v) is 4.05. The molecule has 0 radical (unpaired) electrons. The van der Waals surface area contributed by atoms with Crippen molar-refractivity contribution in [3.63, 3.8) is 0 Å². The number of aliphatic hydroxyl groups is 1. The fourth-order valence-electron chi connectivity index (χ4n) is 2.57. The predicted octanol–water partition coefficient (Wildman–Crippen LogP) is 2.71. The highest BCUT2D eigenvalue weighted by Gasteiger charge is 2.28. The van der Waals surface area contributed by atoms with Crippen molar-refractivity contribution in [2.75, 3.05) is 26.2 Å². The van der Waals surface area contributed by atoms with Gasteiger partial charge in [0.2, 0.25) is 0 Å². The molecule has 1 saturated heterocycles. The summed E-state index contributed by atoms with van der Waals surface area (Å²) >= 11 is 0. The molecule has 4 heteroatoms. The number of nitrogens with zero attached hydrogens (tertiary/aromatic N) is 2. The van der Waals surface area contributed by atoms with Crippen molar-refractivity contribution in [3.05, 3.63) is 24.0 Å². The van der Waals surface area contributed by atoms with Gasteiger partial charge in [0.15, 0.2) is 0 Å². The lowest BCUT2D eigenvalue weighted by Crippen LogP contribution is -2.42. The van der Waals surface area contributed by atoms with E-state index in [1.807, 2.05) is 0 Å². The van der Waals surface area contributed by atoms with Crippen LogP contribution in [-0.2, 0) is 0 Å². The molecule has 0 aromatic heterocycles. The molecule has 2 fully saturated rings. The highest BCUT2D eigenvalue weighted by molar-refractivity contribution is 6.06. The van der Waals surface area contributed by atoms with Gasteiger partial charge < -0.3 is 15.3 Å². The van der Waals surface area contributed by atoms with E-state index in [0.29, 0.717) is 0 Å². The van der Waals surface area contributed by atoms with Crippen LogP contribution in [-0.4, -0.2) is 48.0 Å². The molecule has 4 nitrogen and oxygen atoms in total. The maximum absolute atomic E-state index is 9.89. The molecule has 21 heavy (non-hydrogen) atoms. The maximum atomic E-state index is 9.89. The molecule has 1 atom stereocenters. The van der Waals surface area contributed by atoms with Crippen LogP contribution in [0.1, 0.15) is 46.5 Å². The summed E-state index contributed by atoms with van der Waals surface area (Å²) in [5, 5.41) is 13.2. The van der Waals surface area contributed by atoms with Crippen LogP contribution in [0.15, 0.2) is 29.0 Å². The second-order valence-corrected chi connectivity index (χ2v) is 5.55. The second kappa shape index (κ2) is 9.74. The van der Waals surface area contributed by atoms with Crippen molar-refractivity contribution in [1.29, 1.82) is 0 Å². The minimum absolute atomic E-state index is 0.416. The lowest BCUT2D eigenvalue weighted by molar-refractivity contribution is 0.242. The van der Waals surface area contributed by atoms with E-state index in [4.69, 9.17) is 0 Å². The van der Waals surface area contributed by atoms with Crippen molar-refractivity contribution in [1.82, 2.24) is 10.2 Å². The third kappa shape index (κ3) is 5.29. The normalized spacial score (nSPS) is 26.4. The first-order valence-electron chi connectivity index (χ1n) is 8.18. The van der Waals surface area contributed by atoms with Crippen molar-refractivity contribution in [2.45, 2.75) is 52.6 Å². The number of aliphatic imine (C=N–C) groups is 1. The Kier molecular flexibility index (Phi) is 8.31. The molecule has 1 heterocycles. The lowest BCUT2D eigenvalue weighted by atomic mass is 10.1. The number of allylic oxidation sites excluding steroid dienone is 1. The number of nitrogens with one attached hydrogen (secondary N) is 1. The zero-order chi connectivity index (χ0) is 15.7. The van der Waals surface area contributed by atoms with Gasteiger partial charge in [-0.05, 0) is 25.3 Å². The summed E-state index contributed by atoms with van der Waals surface area (Å²) in [6, 6.07) is 0. The topological polar surface area (TPSA) is 47.9 Å². The molecule has 1 aliphatic carbocycles. The first-order valence-corrected chi connectivity index (χ1v) is 8.18. The van der Waals surface area contributed by atoms with E-state index in [-0.39, 0.29) is 0 Å². The Hall–Kier alpha value is -1.13. The molecule has 1 aliphatic heterocycles. The van der Waals surface area contributed by atoms with Crippen LogP contribution >= 0.6 is 0 Å². The van der Waals surface area contributed by atoms with Gasteiger partial charge >= 0.3 is 0 Å². The van der Waals surface area contributed by atoms with Crippen molar-refractivity contribution in [3.8, 4) is 0 Å². The molecular formula is C17H31N3O. The Bertz CT molecular complexity index is 379. The number of hydrogen-bond donors (Lipinski definition) is 2. The minimum atomic E-state index is -0.416. The fourth-order valence-corrected chi connectivity index (χ4v) is 2.57. The number of aliphatic hydroxyl groups excluding tert-OH is 1. The molecule has 0 amide bonds. The Morgan fingerprint density at radius 1 is 1.38 bits per heavy atom. The minimum Gasteiger partial charge on any atom is -0.387 e. The summed E-state index contributed by atoms with van der Waals surface area (Å²) in [4.78, 5) is 6.61. The van der Waals surface area contributed by atoms with Crippen molar-refractivity contribution >= 4 is 5.71 Å². The van der Waals surface area contributed by atoms with Crippen molar-refractivity contribution < 1.29 is 5.11 Å². The highest BCUT2D eigenvalue weighted by Crippen LogP contribution is 2.27. The summed E-state index contributed by atoms with van der Waals surface area (Å²) in [6.07, 6.45) is 5.45. The van der Waals surface area contributed by atoms with Crippen LogP contribution in [0.5, 0.6) is 0 Å². The smallest absolute Gasteiger partial charge is 0.0966 e. The zero-order valence-electron chi connectivity index (χ0n) is 13.9. The summed E-state index contributed by atoms with van der Waals surface area (Å²) in [5.74, 6) is 0. The summed E-state index contributed by atoms with van der Waals surface area (Å²) in [7, 11) is 0. The second-order valence-electron chi connectivity index (χ2n) is 5.55. The van der Waals surface area contributed by atoms with Gasteiger partial charge in [-0.2, -0.15) is 0 Å². The Balaban J connectivity index is 0.000000491. The Labute approximate surface area is 129 Å². The van der Waals surface area contributed by atoms with Crippen LogP contribution in [0.25, 0.3) is 0 Å². The quantitative estimate of drug-likeness (QED) is 0.841. The number of unbranched alkanes of at least 4 members (excludes halogenated alkanes) is 1. The van der Waals surface area contributed by atoms with Gasteiger partial charge in [-0.15, -0.1) is 0 Å². The van der Waals surface area contributed by atoms with E-state index in [1.165, 1.54) is 30.3 Å². The summed E-state index contributed by atoms with van der Waals surface area (Å²) in [5.41, 5.74) is 3.29. The van der Waals surface area contributed by atoms with Gasteiger partial charge in [0.1, 0.15) is 0 Å². The van der Waals surface area contributed by atoms with E-state index in [2.05, 4.69) is 42.6 Å². The van der Waals surface area contributed by atoms with E-state index in [0.717, 1.165) is 44.7 Å². The summed E-state index contributed by atoms with van der Waals surface area (Å²) < 4.78 is 0. The molecule has 1 saturated carbocycles. The van der Waals surface area contributed by atoms with E-state index >= 15 is 0 Å². The molecule has 1 unspecified atom stereocenters. The third-order valence-electron chi connectivity index (χ3n) is 4.05. The average Bonchev–Trinajstić information content (AvgIpc) is 2.89. The molecule has 0 aromatic carbocycles. The predicted molar refractivity (Wildman–Crippen MR) is 90.6 cm³/mol. The van der Waals surface area contributed by atoms with Gasteiger partial charge in [0.25, 0.3) is 0 Å². The molecular weight excluding hydrogens is 262 g/mol. The molecule has 2 aliphatic rings. The van der Waals surface area contributed by atoms with Crippen LogP contribution in [0.4, 0.5) is 0 Å². The molecule has 120 valence electrons. The fraction of sp³-hybridized carbons (Fsp3) is 0.706. The number of rotatable bonds is 3. The van der Waals surface area contributed by atoms with E-state index in [9.17, 15) is 5.11 Å². The Morgan fingerprint density at radius 2 is 2.00 bits per heavy atom. The lowest BCUT2D eigenvalue weighted by Gasteiger charge is -2.31. The van der Waals surface area contributed by atoms with Gasteiger partial charge in [0, 0.05) is 38.1 Å². The zero-order valence-corrected chi connectivity index (χ0v) is 13.9. The van der Waals surface area contributed by atoms with Crippen LogP contribution in [0.2, 0.25) is 0 Å². The summed E-state index contributed by atoms with van der Waals surface area (Å²) in [6.45, 7) is 14.2. The first kappa shape index (κ1) is 17.9. The Morgan fingerprint density at radius 3 is 2.52 bits per heavy atom. The number of piperazine rings is 1. The maximum Gasteiger partial charge on any atom is 0.0966 e. The molecule has 0 aromatic rings. The van der Waals surface area contributed by atoms with E-state index in [1.54, 1.807) is 0 Å². The molecule has 0 spiro atoms. The molecule has 0 bridgehead atoms.